The topological polar surface area (TPSA) is 20.3 Å². The highest BCUT2D eigenvalue weighted by Gasteiger charge is 1.97. The average Bonchev–Trinajstić information content (AvgIpc) is 2.16. The first-order valence-corrected chi connectivity index (χ1v) is 6.23. The highest BCUT2D eigenvalue weighted by Crippen LogP contribution is 1.85. The fraction of sp³-hybridized carbons (Fsp3) is 1.00. The van der Waals surface area contributed by atoms with Gasteiger partial charge in [-0.05, 0) is 13.6 Å². The molecule has 0 spiro atoms. The highest BCUT2D eigenvalue weighted by atomic mass is 32.2. The maximum atomic E-state index is 10.9. The largest absolute Gasteiger partial charge is 0.306 e. The molecule has 0 heterocycles. The summed E-state index contributed by atoms with van der Waals surface area (Å²) >= 11 is 0. The first-order valence-electron chi connectivity index (χ1n) is 4.74. The second kappa shape index (κ2) is 11.1. The van der Waals surface area contributed by atoms with Crippen LogP contribution in [0.25, 0.3) is 0 Å². The van der Waals surface area contributed by atoms with Crippen LogP contribution in [0.4, 0.5) is 0 Å². The third-order valence-corrected chi connectivity index (χ3v) is 2.84. The molecular formula is C9H23NOS. The molecule has 0 radical (unpaired) electrons. The molecule has 0 rings (SSSR count). The van der Waals surface area contributed by atoms with Gasteiger partial charge >= 0.3 is 0 Å². The lowest BCUT2D eigenvalue weighted by atomic mass is 10.6. The van der Waals surface area contributed by atoms with E-state index in [9.17, 15) is 4.21 Å². The van der Waals surface area contributed by atoms with Gasteiger partial charge in [0.25, 0.3) is 0 Å². The Morgan fingerprint density at radius 1 is 1.25 bits per heavy atom. The molecule has 0 bridgehead atoms. The third kappa shape index (κ3) is 10.1. The molecule has 0 saturated carbocycles. The van der Waals surface area contributed by atoms with Crippen molar-refractivity contribution in [2.45, 2.75) is 27.7 Å². The molecule has 76 valence electrons. The predicted molar refractivity (Wildman–Crippen MR) is 58.1 cm³/mol. The normalized spacial score (nSPS) is 12.2. The summed E-state index contributed by atoms with van der Waals surface area (Å²) in [5, 5.41) is 0. The zero-order chi connectivity index (χ0) is 9.98. The minimum Gasteiger partial charge on any atom is -0.306 e. The van der Waals surface area contributed by atoms with Gasteiger partial charge in [-0.25, -0.2) is 0 Å². The molecule has 0 aliphatic heterocycles. The van der Waals surface area contributed by atoms with Gasteiger partial charge in [0, 0.05) is 28.9 Å². The average molecular weight is 193 g/mol. The van der Waals surface area contributed by atoms with E-state index >= 15 is 0 Å². The fourth-order valence-electron chi connectivity index (χ4n) is 0.560. The zero-order valence-electron chi connectivity index (χ0n) is 9.09. The molecule has 0 aromatic rings. The molecule has 1 atom stereocenters. The van der Waals surface area contributed by atoms with Crippen LogP contribution in [0.3, 0.4) is 0 Å². The molecule has 0 aromatic heterocycles. The van der Waals surface area contributed by atoms with Crippen molar-refractivity contribution in [2.75, 3.05) is 31.6 Å². The molecular weight excluding hydrogens is 170 g/mol. The summed E-state index contributed by atoms with van der Waals surface area (Å²) in [5.74, 6) is 1.61. The number of nitrogens with zero attached hydrogens (tertiary/aromatic N) is 1. The van der Waals surface area contributed by atoms with Crippen LogP contribution < -0.4 is 0 Å². The first-order chi connectivity index (χ1) is 5.70. The van der Waals surface area contributed by atoms with Crippen LogP contribution in [-0.4, -0.2) is 40.8 Å². The van der Waals surface area contributed by atoms with Crippen LogP contribution >= 0.6 is 0 Å². The van der Waals surface area contributed by atoms with E-state index in [1.807, 2.05) is 27.8 Å². The van der Waals surface area contributed by atoms with Crippen molar-refractivity contribution in [1.82, 2.24) is 4.90 Å². The van der Waals surface area contributed by atoms with E-state index in [0.717, 1.165) is 24.6 Å². The van der Waals surface area contributed by atoms with Gasteiger partial charge in [-0.2, -0.15) is 0 Å². The third-order valence-electron chi connectivity index (χ3n) is 1.56. The summed E-state index contributed by atoms with van der Waals surface area (Å²) in [4.78, 5) is 2.17. The predicted octanol–water partition coefficient (Wildman–Crippen LogP) is 1.73. The van der Waals surface area contributed by atoms with Gasteiger partial charge in [-0.15, -0.1) is 0 Å². The Morgan fingerprint density at radius 3 is 2.08 bits per heavy atom. The second-order valence-corrected chi connectivity index (χ2v) is 4.19. The highest BCUT2D eigenvalue weighted by molar-refractivity contribution is 7.84. The van der Waals surface area contributed by atoms with E-state index in [2.05, 4.69) is 11.8 Å². The standard InChI is InChI=1S/C7H17NOS.C2H6/c1-4-8(3)6-7-10(9)5-2;1-2/h4-7H2,1-3H3;1-2H3. The molecule has 0 aliphatic carbocycles. The van der Waals surface area contributed by atoms with Crippen molar-refractivity contribution in [3.8, 4) is 0 Å². The zero-order valence-corrected chi connectivity index (χ0v) is 9.91. The van der Waals surface area contributed by atoms with Gasteiger partial charge < -0.3 is 4.90 Å². The van der Waals surface area contributed by atoms with Gasteiger partial charge in [0.15, 0.2) is 0 Å². The molecule has 0 aliphatic rings. The summed E-state index contributed by atoms with van der Waals surface area (Å²) in [7, 11) is 1.46. The van der Waals surface area contributed by atoms with Crippen LogP contribution in [0.15, 0.2) is 0 Å². The lowest BCUT2D eigenvalue weighted by Crippen LogP contribution is -2.23. The Labute approximate surface area is 79.8 Å². The van der Waals surface area contributed by atoms with Crippen LogP contribution in [0, 0.1) is 0 Å². The maximum Gasteiger partial charge on any atom is 0.0362 e. The molecule has 12 heavy (non-hydrogen) atoms. The van der Waals surface area contributed by atoms with Crippen molar-refractivity contribution in [1.29, 1.82) is 0 Å². The van der Waals surface area contributed by atoms with Gasteiger partial charge in [0.1, 0.15) is 0 Å². The summed E-state index contributed by atoms with van der Waals surface area (Å²) in [5.41, 5.74) is 0. The lowest BCUT2D eigenvalue weighted by molar-refractivity contribution is 0.375. The van der Waals surface area contributed by atoms with Gasteiger partial charge in [-0.3, -0.25) is 4.21 Å². The molecule has 0 N–H and O–H groups in total. The SMILES string of the molecule is CC.CCN(C)CCS(=O)CC. The summed E-state index contributed by atoms with van der Waals surface area (Å²) in [6.45, 7) is 10.1. The van der Waals surface area contributed by atoms with E-state index in [-0.39, 0.29) is 0 Å². The van der Waals surface area contributed by atoms with Gasteiger partial charge in [-0.1, -0.05) is 27.7 Å². The molecule has 2 nitrogen and oxygen atoms in total. The van der Waals surface area contributed by atoms with Crippen LogP contribution in [0.2, 0.25) is 0 Å². The Morgan fingerprint density at radius 2 is 1.75 bits per heavy atom. The minimum atomic E-state index is -0.591. The van der Waals surface area contributed by atoms with Crippen molar-refractivity contribution in [2.24, 2.45) is 0 Å². The van der Waals surface area contributed by atoms with Crippen LogP contribution in [-0.2, 0) is 10.8 Å². The number of hydrogen-bond acceptors (Lipinski definition) is 2. The number of rotatable bonds is 5. The van der Waals surface area contributed by atoms with Crippen molar-refractivity contribution in [3.63, 3.8) is 0 Å². The monoisotopic (exact) mass is 193 g/mol. The second-order valence-electron chi connectivity index (χ2n) is 2.33. The Bertz CT molecular complexity index is 107. The Hall–Kier alpha value is 0.110. The van der Waals surface area contributed by atoms with Gasteiger partial charge in [0.2, 0.25) is 0 Å². The fourth-order valence-corrected chi connectivity index (χ4v) is 1.36. The summed E-state index contributed by atoms with van der Waals surface area (Å²) in [6, 6.07) is 0. The maximum absolute atomic E-state index is 10.9. The van der Waals surface area contributed by atoms with Crippen molar-refractivity contribution < 1.29 is 4.21 Å². The van der Waals surface area contributed by atoms with Crippen molar-refractivity contribution >= 4 is 10.8 Å². The van der Waals surface area contributed by atoms with E-state index < -0.39 is 10.8 Å². The van der Waals surface area contributed by atoms with E-state index in [1.165, 1.54) is 0 Å². The molecule has 3 heteroatoms. The van der Waals surface area contributed by atoms with Crippen LogP contribution in [0.5, 0.6) is 0 Å². The first kappa shape index (κ1) is 14.6. The summed E-state index contributed by atoms with van der Waals surface area (Å²) in [6.07, 6.45) is 0. The van der Waals surface area contributed by atoms with Crippen LogP contribution in [0.1, 0.15) is 27.7 Å². The van der Waals surface area contributed by atoms with E-state index in [1.54, 1.807) is 0 Å². The summed E-state index contributed by atoms with van der Waals surface area (Å²) < 4.78 is 10.9. The Balaban J connectivity index is 0. The molecule has 0 fully saturated rings. The van der Waals surface area contributed by atoms with E-state index in [0.29, 0.717) is 0 Å². The molecule has 0 amide bonds. The Kier molecular flexibility index (Phi) is 13.5. The lowest BCUT2D eigenvalue weighted by Gasteiger charge is -2.11. The van der Waals surface area contributed by atoms with Gasteiger partial charge in [0.05, 0.1) is 0 Å². The molecule has 0 saturated heterocycles. The smallest absolute Gasteiger partial charge is 0.0362 e. The van der Waals surface area contributed by atoms with E-state index in [4.69, 9.17) is 0 Å². The van der Waals surface area contributed by atoms with Crippen molar-refractivity contribution in [3.05, 3.63) is 0 Å². The molecule has 1 unspecified atom stereocenters. The molecule has 0 aromatic carbocycles. The number of hydrogen-bond donors (Lipinski definition) is 0. The quantitative estimate of drug-likeness (QED) is 0.663. The minimum absolute atomic E-state index is 0.591.